The summed E-state index contributed by atoms with van der Waals surface area (Å²) < 4.78 is 0. The van der Waals surface area contributed by atoms with Crippen molar-refractivity contribution in [2.24, 2.45) is 5.92 Å². The Morgan fingerprint density at radius 2 is 1.14 bits per heavy atom. The summed E-state index contributed by atoms with van der Waals surface area (Å²) in [6.45, 7) is 9.61. The van der Waals surface area contributed by atoms with Gasteiger partial charge in [-0.05, 0) is 6.42 Å². The third kappa shape index (κ3) is 12.6. The molecule has 0 aliphatic carbocycles. The van der Waals surface area contributed by atoms with E-state index in [9.17, 15) is 4.79 Å². The van der Waals surface area contributed by atoms with Crippen molar-refractivity contribution in [1.29, 1.82) is 0 Å². The molecular formula is C20H36O. The summed E-state index contributed by atoms with van der Waals surface area (Å²) >= 11 is 0. The highest BCUT2D eigenvalue weighted by Gasteiger charge is 2.09. The molecule has 0 aromatic carbocycles. The van der Waals surface area contributed by atoms with Gasteiger partial charge in [0.25, 0.3) is 0 Å². The average molecular weight is 293 g/mol. The van der Waals surface area contributed by atoms with E-state index in [4.69, 9.17) is 0 Å². The Morgan fingerprint density at radius 3 is 1.52 bits per heavy atom. The minimum absolute atomic E-state index is 0.141. The average Bonchev–Trinajstić information content (AvgIpc) is 2.49. The van der Waals surface area contributed by atoms with Gasteiger partial charge >= 0.3 is 0 Å². The van der Waals surface area contributed by atoms with Crippen molar-refractivity contribution in [3.63, 3.8) is 0 Å². The predicted molar refractivity (Wildman–Crippen MR) is 94.6 cm³/mol. The molecule has 0 aliphatic rings. The number of carbonyl (C=O) groups is 1. The first kappa shape index (κ1) is 20.1. The number of hydrogen-bond donors (Lipinski definition) is 0. The highest BCUT2D eigenvalue weighted by Crippen LogP contribution is 2.13. The van der Waals surface area contributed by atoms with E-state index in [2.05, 4.69) is 20.1 Å². The van der Waals surface area contributed by atoms with Gasteiger partial charge in [-0.2, -0.15) is 0 Å². The van der Waals surface area contributed by atoms with E-state index < -0.39 is 0 Å². The first-order chi connectivity index (χ1) is 10.3. The summed E-state index contributed by atoms with van der Waals surface area (Å²) in [4.78, 5) is 11.7. The molecular weight excluding hydrogens is 256 g/mol. The molecule has 0 atom stereocenters. The molecule has 0 bridgehead atoms. The molecule has 0 heterocycles. The van der Waals surface area contributed by atoms with Gasteiger partial charge in [0.2, 0.25) is 0 Å². The normalized spacial score (nSPS) is 10.8. The first-order valence-electron chi connectivity index (χ1n) is 9.04. The molecule has 1 nitrogen and oxygen atoms in total. The van der Waals surface area contributed by atoms with E-state index in [1.54, 1.807) is 12.2 Å². The summed E-state index contributed by atoms with van der Waals surface area (Å²) in [5.74, 6) is 0.129. The maximum Gasteiger partial charge on any atom is 0.143 e. The van der Waals surface area contributed by atoms with Crippen LogP contribution in [0.1, 0.15) is 90.4 Å². The van der Waals surface area contributed by atoms with Gasteiger partial charge in [0.1, 0.15) is 5.78 Å². The lowest BCUT2D eigenvalue weighted by Gasteiger charge is -2.06. The Balaban J connectivity index is 3.24. The van der Waals surface area contributed by atoms with Gasteiger partial charge in [0.05, 0.1) is 5.92 Å². The van der Waals surface area contributed by atoms with Gasteiger partial charge in [0, 0.05) is 6.42 Å². The Hall–Kier alpha value is -0.850. The van der Waals surface area contributed by atoms with Crippen LogP contribution in [0, 0.1) is 5.92 Å². The van der Waals surface area contributed by atoms with Crippen molar-refractivity contribution < 1.29 is 4.79 Å². The van der Waals surface area contributed by atoms with Crippen molar-refractivity contribution in [1.82, 2.24) is 0 Å². The van der Waals surface area contributed by atoms with E-state index in [0.29, 0.717) is 6.42 Å². The molecule has 1 heteroatoms. The number of hydrogen-bond acceptors (Lipinski definition) is 1. The standard InChI is InChI=1S/C20H36O/c1-4-7-8-9-10-11-12-13-14-15-16-17-18-20(21)19(5-2)6-3/h5-6,19H,2-4,7-18H2,1H3. The van der Waals surface area contributed by atoms with Crippen LogP contribution in [0.25, 0.3) is 0 Å². The predicted octanol–water partition coefficient (Wildman–Crippen LogP) is 6.63. The smallest absolute Gasteiger partial charge is 0.143 e. The first-order valence-corrected chi connectivity index (χ1v) is 9.04. The van der Waals surface area contributed by atoms with Crippen molar-refractivity contribution in [2.75, 3.05) is 0 Å². The fourth-order valence-corrected chi connectivity index (χ4v) is 2.67. The zero-order valence-corrected chi connectivity index (χ0v) is 14.2. The third-order valence-corrected chi connectivity index (χ3v) is 4.16. The van der Waals surface area contributed by atoms with Gasteiger partial charge in [-0.15, -0.1) is 13.2 Å². The molecule has 0 rings (SSSR count). The fraction of sp³-hybridized carbons (Fsp3) is 0.750. The van der Waals surface area contributed by atoms with Crippen LogP contribution in [-0.4, -0.2) is 5.78 Å². The van der Waals surface area contributed by atoms with Gasteiger partial charge < -0.3 is 0 Å². The van der Waals surface area contributed by atoms with Gasteiger partial charge in [0.15, 0.2) is 0 Å². The van der Waals surface area contributed by atoms with Gasteiger partial charge in [-0.1, -0.05) is 89.7 Å². The molecule has 0 N–H and O–H groups in total. The summed E-state index contributed by atoms with van der Waals surface area (Å²) in [5, 5.41) is 0. The number of allylic oxidation sites excluding steroid dienone is 2. The number of ketones is 1. The van der Waals surface area contributed by atoms with E-state index in [1.807, 2.05) is 0 Å². The monoisotopic (exact) mass is 292 g/mol. The molecule has 122 valence electrons. The molecule has 0 aliphatic heterocycles. The molecule has 0 saturated heterocycles. The molecule has 21 heavy (non-hydrogen) atoms. The lowest BCUT2D eigenvalue weighted by molar-refractivity contribution is -0.120. The highest BCUT2D eigenvalue weighted by atomic mass is 16.1. The quantitative estimate of drug-likeness (QED) is 0.230. The molecule has 0 fully saturated rings. The van der Waals surface area contributed by atoms with Gasteiger partial charge in [-0.25, -0.2) is 0 Å². The highest BCUT2D eigenvalue weighted by molar-refractivity contribution is 5.84. The molecule has 0 aromatic rings. The van der Waals surface area contributed by atoms with E-state index in [1.165, 1.54) is 70.6 Å². The molecule has 0 spiro atoms. The van der Waals surface area contributed by atoms with Crippen LogP contribution >= 0.6 is 0 Å². The van der Waals surface area contributed by atoms with Crippen LogP contribution in [-0.2, 0) is 4.79 Å². The van der Waals surface area contributed by atoms with E-state index in [0.717, 1.165) is 6.42 Å². The molecule has 0 saturated carbocycles. The largest absolute Gasteiger partial charge is 0.299 e. The SMILES string of the molecule is C=CC(C=C)C(=O)CCCCCCCCCCCCCC. The zero-order valence-electron chi connectivity index (χ0n) is 14.2. The second kappa shape index (κ2) is 15.5. The Kier molecular flexibility index (Phi) is 14.9. The number of Topliss-reactive ketones (excluding diaryl/α,β-unsaturated/α-hetero) is 1. The molecule has 0 unspecified atom stereocenters. The van der Waals surface area contributed by atoms with Crippen LogP contribution in [0.15, 0.2) is 25.3 Å². The van der Waals surface area contributed by atoms with Crippen molar-refractivity contribution in [3.05, 3.63) is 25.3 Å². The fourth-order valence-electron chi connectivity index (χ4n) is 2.67. The minimum atomic E-state index is -0.141. The second-order valence-corrected chi connectivity index (χ2v) is 6.10. The summed E-state index contributed by atoms with van der Waals surface area (Å²) in [6.07, 6.45) is 20.0. The van der Waals surface area contributed by atoms with Gasteiger partial charge in [-0.3, -0.25) is 4.79 Å². The summed E-state index contributed by atoms with van der Waals surface area (Å²) in [6, 6.07) is 0. The molecule has 0 radical (unpaired) electrons. The zero-order chi connectivity index (χ0) is 15.8. The Morgan fingerprint density at radius 1 is 0.762 bits per heavy atom. The van der Waals surface area contributed by atoms with E-state index in [-0.39, 0.29) is 11.7 Å². The third-order valence-electron chi connectivity index (χ3n) is 4.16. The van der Waals surface area contributed by atoms with Crippen molar-refractivity contribution in [3.8, 4) is 0 Å². The summed E-state index contributed by atoms with van der Waals surface area (Å²) in [5.41, 5.74) is 0. The minimum Gasteiger partial charge on any atom is -0.299 e. The lowest BCUT2D eigenvalue weighted by Crippen LogP contribution is -2.08. The number of unbranched alkanes of at least 4 members (excludes halogenated alkanes) is 11. The molecule has 0 aromatic heterocycles. The number of rotatable bonds is 16. The number of carbonyl (C=O) groups excluding carboxylic acids is 1. The van der Waals surface area contributed by atoms with Crippen molar-refractivity contribution >= 4 is 5.78 Å². The maximum atomic E-state index is 11.7. The second-order valence-electron chi connectivity index (χ2n) is 6.10. The van der Waals surface area contributed by atoms with Crippen LogP contribution < -0.4 is 0 Å². The Labute approximate surface area is 132 Å². The van der Waals surface area contributed by atoms with Crippen LogP contribution in [0.4, 0.5) is 0 Å². The Bertz CT molecular complexity index is 259. The topological polar surface area (TPSA) is 17.1 Å². The van der Waals surface area contributed by atoms with Crippen LogP contribution in [0.3, 0.4) is 0 Å². The van der Waals surface area contributed by atoms with Crippen molar-refractivity contribution in [2.45, 2.75) is 90.4 Å². The maximum absolute atomic E-state index is 11.7. The lowest BCUT2D eigenvalue weighted by atomic mass is 9.98. The van der Waals surface area contributed by atoms with Crippen LogP contribution in [0.5, 0.6) is 0 Å². The van der Waals surface area contributed by atoms with E-state index >= 15 is 0 Å². The molecule has 0 amide bonds. The van der Waals surface area contributed by atoms with Crippen LogP contribution in [0.2, 0.25) is 0 Å². The summed E-state index contributed by atoms with van der Waals surface area (Å²) in [7, 11) is 0.